The molecule has 2 heteroatoms. The van der Waals surface area contributed by atoms with Gasteiger partial charge >= 0.3 is 0 Å². The van der Waals surface area contributed by atoms with E-state index in [-0.39, 0.29) is 11.6 Å². The molecule has 2 rings (SSSR count). The molecule has 1 aliphatic rings. The molecule has 2 nitrogen and oxygen atoms in total. The zero-order valence-electron chi connectivity index (χ0n) is 11.5. The molecule has 0 N–H and O–H groups in total. The van der Waals surface area contributed by atoms with Crippen molar-refractivity contribution < 1.29 is 9.59 Å². The molecule has 0 atom stereocenters. The largest absolute Gasteiger partial charge is 0.294 e. The Labute approximate surface area is 109 Å². The van der Waals surface area contributed by atoms with E-state index in [9.17, 15) is 9.59 Å². The van der Waals surface area contributed by atoms with E-state index >= 15 is 0 Å². The van der Waals surface area contributed by atoms with Gasteiger partial charge in [-0.15, -0.1) is 0 Å². The monoisotopic (exact) mass is 244 g/mol. The second-order valence-corrected chi connectivity index (χ2v) is 4.11. The van der Waals surface area contributed by atoms with Crippen LogP contribution < -0.4 is 0 Å². The highest BCUT2D eigenvalue weighted by Gasteiger charge is 2.18. The molecule has 0 aromatic heterocycles. The van der Waals surface area contributed by atoms with Gasteiger partial charge < -0.3 is 0 Å². The Morgan fingerprint density at radius 1 is 1.06 bits per heavy atom. The van der Waals surface area contributed by atoms with Crippen molar-refractivity contribution in [2.75, 3.05) is 0 Å². The molecular weight excluding hydrogens is 224 g/mol. The summed E-state index contributed by atoms with van der Waals surface area (Å²) in [6.07, 6.45) is 5.97. The molecule has 0 bridgehead atoms. The molecule has 1 aliphatic carbocycles. The minimum atomic E-state index is -0.0491. The van der Waals surface area contributed by atoms with Crippen molar-refractivity contribution in [3.63, 3.8) is 0 Å². The highest BCUT2D eigenvalue weighted by Crippen LogP contribution is 2.26. The quantitative estimate of drug-likeness (QED) is 0.735. The van der Waals surface area contributed by atoms with Gasteiger partial charge in [0.05, 0.1) is 0 Å². The lowest BCUT2D eigenvalue weighted by atomic mass is 9.87. The van der Waals surface area contributed by atoms with E-state index in [4.69, 9.17) is 0 Å². The average Bonchev–Trinajstić information content (AvgIpc) is 2.39. The number of hydrogen-bond donors (Lipinski definition) is 0. The Hall–Kier alpha value is -1.70. The normalized spacial score (nSPS) is 12.2. The maximum atomic E-state index is 11.7. The zero-order chi connectivity index (χ0) is 13.7. The lowest BCUT2D eigenvalue weighted by molar-refractivity contribution is 0.0980. The summed E-state index contributed by atoms with van der Waals surface area (Å²) in [6.45, 7) is 7.02. The molecule has 0 heterocycles. The van der Waals surface area contributed by atoms with Crippen LogP contribution in [0.25, 0.3) is 6.08 Å². The van der Waals surface area contributed by atoms with Gasteiger partial charge in [0.25, 0.3) is 0 Å². The molecule has 96 valence electrons. The number of fused-ring (bicyclic) bond motifs is 1. The second-order valence-electron chi connectivity index (χ2n) is 4.11. The van der Waals surface area contributed by atoms with Crippen LogP contribution in [-0.4, -0.2) is 11.6 Å². The van der Waals surface area contributed by atoms with Crippen LogP contribution in [0.5, 0.6) is 0 Å². The van der Waals surface area contributed by atoms with E-state index in [1.807, 2.05) is 26.0 Å². The fourth-order valence-electron chi connectivity index (χ4n) is 2.18. The van der Waals surface area contributed by atoms with E-state index in [0.29, 0.717) is 11.1 Å². The molecule has 1 aromatic carbocycles. The topological polar surface area (TPSA) is 34.1 Å². The number of carbonyl (C=O) groups is 2. The van der Waals surface area contributed by atoms with Crippen LogP contribution in [-0.2, 0) is 6.42 Å². The van der Waals surface area contributed by atoms with Crippen molar-refractivity contribution in [3.8, 4) is 0 Å². The Bertz CT molecular complexity index is 496. The molecule has 0 saturated carbocycles. The van der Waals surface area contributed by atoms with Crippen LogP contribution in [0.1, 0.15) is 66.0 Å². The summed E-state index contributed by atoms with van der Waals surface area (Å²) in [5.74, 6) is -0.0828. The fourth-order valence-corrected chi connectivity index (χ4v) is 2.18. The average molecular weight is 244 g/mol. The Balaban J connectivity index is 0.000000771. The number of Topliss-reactive ketones (excluding diaryl/α,β-unsaturated/α-hetero) is 2. The fraction of sp³-hybridized carbons (Fsp3) is 0.375. The molecule has 0 saturated heterocycles. The van der Waals surface area contributed by atoms with Gasteiger partial charge in [0.15, 0.2) is 11.6 Å². The van der Waals surface area contributed by atoms with Gasteiger partial charge in [-0.1, -0.05) is 38.1 Å². The summed E-state index contributed by atoms with van der Waals surface area (Å²) in [5.41, 5.74) is 3.22. The van der Waals surface area contributed by atoms with E-state index < -0.39 is 0 Å². The Kier molecular flexibility index (Phi) is 5.02. The van der Waals surface area contributed by atoms with Crippen LogP contribution in [0.3, 0.4) is 0 Å². The molecule has 0 aliphatic heterocycles. The van der Waals surface area contributed by atoms with Crippen molar-refractivity contribution in [2.24, 2.45) is 0 Å². The minimum Gasteiger partial charge on any atom is -0.294 e. The molecule has 0 fully saturated rings. The van der Waals surface area contributed by atoms with Gasteiger partial charge in [0.1, 0.15) is 0 Å². The van der Waals surface area contributed by atoms with E-state index in [2.05, 4.69) is 6.08 Å². The Morgan fingerprint density at radius 3 is 2.28 bits per heavy atom. The van der Waals surface area contributed by atoms with Gasteiger partial charge in [-0.05, 0) is 37.8 Å². The molecule has 0 amide bonds. The van der Waals surface area contributed by atoms with Gasteiger partial charge in [0, 0.05) is 11.1 Å². The van der Waals surface area contributed by atoms with Crippen molar-refractivity contribution in [1.29, 1.82) is 0 Å². The van der Waals surface area contributed by atoms with Crippen LogP contribution in [0.15, 0.2) is 18.2 Å². The second kappa shape index (κ2) is 6.29. The van der Waals surface area contributed by atoms with E-state index in [0.717, 1.165) is 24.0 Å². The van der Waals surface area contributed by atoms with Gasteiger partial charge in [0.2, 0.25) is 0 Å². The van der Waals surface area contributed by atoms with E-state index in [1.54, 1.807) is 6.07 Å². The summed E-state index contributed by atoms with van der Waals surface area (Å²) in [5, 5.41) is 0. The minimum absolute atomic E-state index is 0.0337. The lowest BCUT2D eigenvalue weighted by Gasteiger charge is -2.16. The number of aryl methyl sites for hydroxylation is 1. The standard InChI is InChI=1S/C14H14O2.C2H6/c1-9(15)12-8-7-11-5-3-4-6-13(11)14(12)10(2)16;1-2/h4,6-8H,3,5H2,1-2H3;1-2H3. The third-order valence-electron chi connectivity index (χ3n) is 2.93. The maximum Gasteiger partial charge on any atom is 0.161 e. The number of carbonyl (C=O) groups excluding carboxylic acids is 2. The SMILES string of the molecule is CC.CC(=O)c1ccc2c(c1C(C)=O)C=CCC2. The summed E-state index contributed by atoms with van der Waals surface area (Å²) in [4.78, 5) is 23.1. The number of ketones is 2. The van der Waals surface area contributed by atoms with Crippen molar-refractivity contribution in [3.05, 3.63) is 40.5 Å². The number of benzene rings is 1. The van der Waals surface area contributed by atoms with Gasteiger partial charge in [-0.25, -0.2) is 0 Å². The third-order valence-corrected chi connectivity index (χ3v) is 2.93. The molecular formula is C16H20O2. The summed E-state index contributed by atoms with van der Waals surface area (Å²) in [6, 6.07) is 3.74. The molecule has 0 unspecified atom stereocenters. The number of allylic oxidation sites excluding steroid dienone is 1. The highest BCUT2D eigenvalue weighted by atomic mass is 16.1. The first-order valence-electron chi connectivity index (χ1n) is 6.45. The van der Waals surface area contributed by atoms with Crippen molar-refractivity contribution in [1.82, 2.24) is 0 Å². The van der Waals surface area contributed by atoms with Crippen LogP contribution in [0.2, 0.25) is 0 Å². The van der Waals surface area contributed by atoms with Crippen LogP contribution >= 0.6 is 0 Å². The van der Waals surface area contributed by atoms with Crippen molar-refractivity contribution in [2.45, 2.75) is 40.5 Å². The number of hydrogen-bond acceptors (Lipinski definition) is 2. The first-order chi connectivity index (χ1) is 8.61. The summed E-state index contributed by atoms with van der Waals surface area (Å²) >= 11 is 0. The molecule has 18 heavy (non-hydrogen) atoms. The van der Waals surface area contributed by atoms with Crippen molar-refractivity contribution >= 4 is 17.6 Å². The van der Waals surface area contributed by atoms with Gasteiger partial charge in [-0.3, -0.25) is 9.59 Å². The zero-order valence-corrected chi connectivity index (χ0v) is 11.5. The first-order valence-corrected chi connectivity index (χ1v) is 6.45. The van der Waals surface area contributed by atoms with Crippen LogP contribution in [0.4, 0.5) is 0 Å². The lowest BCUT2D eigenvalue weighted by Crippen LogP contribution is -2.10. The Morgan fingerprint density at radius 2 is 1.72 bits per heavy atom. The predicted octanol–water partition coefficient (Wildman–Crippen LogP) is 4.08. The molecule has 0 spiro atoms. The van der Waals surface area contributed by atoms with E-state index in [1.165, 1.54) is 13.8 Å². The molecule has 1 aromatic rings. The number of rotatable bonds is 2. The predicted molar refractivity (Wildman–Crippen MR) is 75.2 cm³/mol. The first kappa shape index (κ1) is 14.4. The summed E-state index contributed by atoms with van der Waals surface area (Å²) < 4.78 is 0. The maximum absolute atomic E-state index is 11.7. The third kappa shape index (κ3) is 2.76. The highest BCUT2D eigenvalue weighted by molar-refractivity contribution is 6.09. The smallest absolute Gasteiger partial charge is 0.161 e. The summed E-state index contributed by atoms with van der Waals surface area (Å²) in [7, 11) is 0. The molecule has 0 radical (unpaired) electrons. The van der Waals surface area contributed by atoms with Crippen LogP contribution in [0, 0.1) is 0 Å². The van der Waals surface area contributed by atoms with Gasteiger partial charge in [-0.2, -0.15) is 0 Å².